The summed E-state index contributed by atoms with van der Waals surface area (Å²) in [5.41, 5.74) is 5.72. The second-order valence-corrected chi connectivity index (χ2v) is 14.5. The number of aryl methyl sites for hydroxylation is 1. The number of unbranched alkanes of at least 4 members (excludes halogenated alkanes) is 18. The minimum atomic E-state index is -0.00614. The maximum absolute atomic E-state index is 6.26. The van der Waals surface area contributed by atoms with E-state index in [0.29, 0.717) is 7.93 Å². The van der Waals surface area contributed by atoms with E-state index in [-0.39, 0.29) is 6.29 Å². The highest BCUT2D eigenvalue weighted by atomic mass is 35.7. The van der Waals surface area contributed by atoms with Crippen LogP contribution in [-0.4, -0.2) is 19.5 Å². The Hall–Kier alpha value is -0.400. The predicted octanol–water partition coefficient (Wildman–Crippen LogP) is 13.5. The van der Waals surface area contributed by atoms with Gasteiger partial charge >= 0.3 is 0 Å². The van der Waals surface area contributed by atoms with Gasteiger partial charge in [0, 0.05) is 21.1 Å². The number of benzene rings is 1. The van der Waals surface area contributed by atoms with Gasteiger partial charge in [-0.05, 0) is 112 Å². The van der Waals surface area contributed by atoms with Gasteiger partial charge in [0.25, 0.3) is 0 Å². The van der Waals surface area contributed by atoms with Crippen molar-refractivity contribution in [3.05, 3.63) is 40.5 Å². The van der Waals surface area contributed by atoms with Crippen LogP contribution < -0.4 is 5.30 Å². The van der Waals surface area contributed by atoms with Crippen molar-refractivity contribution >= 4 is 24.5 Å². The molecule has 0 spiro atoms. The molecule has 0 aliphatic heterocycles. The highest BCUT2D eigenvalue weighted by molar-refractivity contribution is 7.75. The van der Waals surface area contributed by atoms with E-state index in [1.807, 2.05) is 0 Å². The van der Waals surface area contributed by atoms with Crippen LogP contribution in [0.5, 0.6) is 0 Å². The lowest BCUT2D eigenvalue weighted by Crippen LogP contribution is -2.19. The van der Waals surface area contributed by atoms with Crippen LogP contribution in [0.25, 0.3) is 0 Å². The third-order valence-electron chi connectivity index (χ3n) is 9.33. The molecule has 1 aromatic carbocycles. The van der Waals surface area contributed by atoms with Crippen LogP contribution in [0.3, 0.4) is 0 Å². The summed E-state index contributed by atoms with van der Waals surface area (Å²) >= 11 is 6.21. The van der Waals surface area contributed by atoms with Crippen molar-refractivity contribution < 1.29 is 9.47 Å². The summed E-state index contributed by atoms with van der Waals surface area (Å²) in [4.78, 5) is 0. The predicted molar refractivity (Wildman–Crippen MR) is 201 cm³/mol. The largest absolute Gasteiger partial charge is 0.353 e. The summed E-state index contributed by atoms with van der Waals surface area (Å²) in [6.45, 7) is 13.0. The normalized spacial score (nSPS) is 12.2. The molecule has 1 aromatic rings. The van der Waals surface area contributed by atoms with Crippen LogP contribution in [0.2, 0.25) is 0 Å². The Morgan fingerprint density at radius 3 is 1.59 bits per heavy atom. The van der Waals surface area contributed by atoms with Gasteiger partial charge in [0.2, 0.25) is 0 Å². The highest BCUT2D eigenvalue weighted by Crippen LogP contribution is 2.25. The second kappa shape index (κ2) is 30.0. The number of ether oxygens (including phenoxy) is 2. The van der Waals surface area contributed by atoms with Gasteiger partial charge in [0.15, 0.2) is 6.29 Å². The molecule has 0 radical (unpaired) electrons. The first kappa shape index (κ1) is 41.6. The van der Waals surface area contributed by atoms with E-state index in [4.69, 9.17) is 20.7 Å². The van der Waals surface area contributed by atoms with Crippen molar-refractivity contribution in [3.8, 4) is 0 Å². The molecule has 0 N–H and O–H groups in total. The van der Waals surface area contributed by atoms with Gasteiger partial charge < -0.3 is 9.47 Å². The summed E-state index contributed by atoms with van der Waals surface area (Å²) in [5, 5.41) is 1.32. The Kier molecular flexibility index (Phi) is 28.3. The second-order valence-electron chi connectivity index (χ2n) is 13.2. The number of rotatable bonds is 31. The van der Waals surface area contributed by atoms with Crippen molar-refractivity contribution in [2.75, 3.05) is 13.2 Å². The van der Waals surface area contributed by atoms with E-state index >= 15 is 0 Å². The Labute approximate surface area is 281 Å². The Balaban J connectivity index is 2.23. The fourth-order valence-electron chi connectivity index (χ4n) is 5.98. The van der Waals surface area contributed by atoms with Gasteiger partial charge in [-0.3, -0.25) is 0 Å². The molecule has 256 valence electrons. The monoisotopic (exact) mass is 650 g/mol. The molecular formula is C40H72ClO2P. The lowest BCUT2D eigenvalue weighted by molar-refractivity contribution is -0.148. The van der Waals surface area contributed by atoms with Crippen LogP contribution in [0.4, 0.5) is 0 Å². The first-order valence-electron chi connectivity index (χ1n) is 18.9. The molecule has 0 aliphatic rings. The number of hydrogen-bond acceptors (Lipinski definition) is 2. The molecule has 0 aliphatic carbocycles. The van der Waals surface area contributed by atoms with Gasteiger partial charge in [-0.2, -0.15) is 0 Å². The fourth-order valence-corrected chi connectivity index (χ4v) is 7.13. The minimum Gasteiger partial charge on any atom is -0.353 e. The molecule has 0 saturated carbocycles. The Morgan fingerprint density at radius 2 is 1.07 bits per heavy atom. The van der Waals surface area contributed by atoms with Gasteiger partial charge in [-0.25, -0.2) is 0 Å². The molecule has 0 fully saturated rings. The first-order valence-corrected chi connectivity index (χ1v) is 20.9. The zero-order chi connectivity index (χ0) is 32.1. The Bertz CT molecular complexity index is 802. The summed E-state index contributed by atoms with van der Waals surface area (Å²) in [6.07, 6.45) is 35.7. The summed E-state index contributed by atoms with van der Waals surface area (Å²) in [7, 11) is 0.361. The van der Waals surface area contributed by atoms with E-state index in [2.05, 4.69) is 52.8 Å². The molecule has 2 nitrogen and oxygen atoms in total. The van der Waals surface area contributed by atoms with E-state index < -0.39 is 0 Å². The summed E-state index contributed by atoms with van der Waals surface area (Å²) < 4.78 is 12.5. The van der Waals surface area contributed by atoms with Crippen molar-refractivity contribution in [3.63, 3.8) is 0 Å². The lowest BCUT2D eigenvalue weighted by atomic mass is 9.95. The number of allylic oxidation sites excluding steroid dienone is 2. The van der Waals surface area contributed by atoms with Crippen LogP contribution in [0.15, 0.2) is 18.2 Å². The molecule has 1 unspecified atom stereocenters. The third-order valence-corrected chi connectivity index (χ3v) is 10.7. The van der Waals surface area contributed by atoms with Crippen molar-refractivity contribution in [2.45, 2.75) is 195 Å². The van der Waals surface area contributed by atoms with Gasteiger partial charge in [0.05, 0.1) is 0 Å². The van der Waals surface area contributed by atoms with E-state index in [0.717, 1.165) is 32.5 Å². The zero-order valence-electron chi connectivity index (χ0n) is 29.9. The van der Waals surface area contributed by atoms with Crippen molar-refractivity contribution in [1.29, 1.82) is 0 Å². The average Bonchev–Trinajstić information content (AvgIpc) is 3.03. The molecule has 0 bridgehead atoms. The summed E-state index contributed by atoms with van der Waals surface area (Å²) in [6, 6.07) is 2.35. The van der Waals surface area contributed by atoms with Gasteiger partial charge in [-0.1, -0.05) is 134 Å². The quantitative estimate of drug-likeness (QED) is 0.0344. The fraction of sp³-hybridized carbons (Fsp3) is 0.800. The third kappa shape index (κ3) is 21.4. The summed E-state index contributed by atoms with van der Waals surface area (Å²) in [5.74, 6) is 0. The molecule has 0 aromatic heterocycles. The average molecular weight is 651 g/mol. The van der Waals surface area contributed by atoms with E-state index in [1.54, 1.807) is 0 Å². The lowest BCUT2D eigenvalue weighted by Gasteiger charge is -2.19. The molecule has 44 heavy (non-hydrogen) atoms. The van der Waals surface area contributed by atoms with E-state index in [1.165, 1.54) is 162 Å². The molecule has 0 amide bonds. The van der Waals surface area contributed by atoms with E-state index in [9.17, 15) is 0 Å². The van der Waals surface area contributed by atoms with Gasteiger partial charge in [0.1, 0.15) is 0 Å². The molecule has 0 heterocycles. The Morgan fingerprint density at radius 1 is 0.591 bits per heavy atom. The minimum absolute atomic E-state index is 0.00614. The van der Waals surface area contributed by atoms with Crippen LogP contribution >= 0.6 is 19.2 Å². The van der Waals surface area contributed by atoms with Crippen LogP contribution in [0.1, 0.15) is 184 Å². The number of halogens is 1. The number of hydrogen-bond donors (Lipinski definition) is 0. The molecular weight excluding hydrogens is 579 g/mol. The SMILES string of the molecule is CCCCCCCCCCOC(CCCCC/C=C/CCCc1cc(PCl)c(C)c(C)c1C)OCCCCCCCCCC. The van der Waals surface area contributed by atoms with Crippen molar-refractivity contribution in [2.24, 2.45) is 0 Å². The zero-order valence-corrected chi connectivity index (χ0v) is 31.6. The van der Waals surface area contributed by atoms with Crippen LogP contribution in [0, 0.1) is 20.8 Å². The van der Waals surface area contributed by atoms with Crippen molar-refractivity contribution in [1.82, 2.24) is 0 Å². The first-order chi connectivity index (χ1) is 21.5. The molecule has 4 heteroatoms. The molecule has 0 saturated heterocycles. The topological polar surface area (TPSA) is 18.5 Å². The standard InChI is InChI=1S/C40H72ClO2P/c1-6-8-10-12-14-20-24-28-32-42-40(43-33-29-25-21-15-13-11-9-7-2)31-27-23-19-17-16-18-22-26-30-38-34-39(44-41)37(5)35(3)36(38)4/h16,18,34,40,44H,6-15,17,19-33H2,1-5H3/b18-16+. The maximum atomic E-state index is 6.26. The van der Waals surface area contributed by atoms with Gasteiger partial charge in [-0.15, -0.1) is 0 Å². The molecule has 1 atom stereocenters. The highest BCUT2D eigenvalue weighted by Gasteiger charge is 2.10. The molecule has 1 rings (SSSR count). The maximum Gasteiger partial charge on any atom is 0.157 e. The van der Waals surface area contributed by atoms with Crippen LogP contribution in [-0.2, 0) is 15.9 Å². The smallest absolute Gasteiger partial charge is 0.157 e.